The van der Waals surface area contributed by atoms with Crippen LogP contribution in [0.25, 0.3) is 22.2 Å². The number of aromatic amines is 1. The first-order valence-electron chi connectivity index (χ1n) is 12.1. The number of H-pyrrole nitrogens is 1. The molecule has 3 heterocycles. The topological polar surface area (TPSA) is 77.7 Å². The lowest BCUT2D eigenvalue weighted by atomic mass is 9.99. The van der Waals surface area contributed by atoms with E-state index in [9.17, 15) is 14.0 Å². The van der Waals surface area contributed by atoms with Gasteiger partial charge >= 0.3 is 6.09 Å². The van der Waals surface area contributed by atoms with E-state index < -0.39 is 11.4 Å². The summed E-state index contributed by atoms with van der Waals surface area (Å²) in [6.07, 6.45) is 0.433. The van der Waals surface area contributed by atoms with Gasteiger partial charge in [-0.3, -0.25) is 9.69 Å². The number of carbonyl (C=O) groups is 2. The second-order valence-corrected chi connectivity index (χ2v) is 10.3. The third-order valence-electron chi connectivity index (χ3n) is 6.54. The fraction of sp³-hybridized carbons (Fsp3) is 0.407. The van der Waals surface area contributed by atoms with E-state index in [-0.39, 0.29) is 12.0 Å². The number of ether oxygens (including phenoxy) is 1. The van der Waals surface area contributed by atoms with Gasteiger partial charge in [-0.25, -0.2) is 9.18 Å². The van der Waals surface area contributed by atoms with Crippen LogP contribution in [0.1, 0.15) is 42.3 Å². The van der Waals surface area contributed by atoms with Crippen LogP contribution in [0.4, 0.5) is 9.18 Å². The Balaban J connectivity index is 1.29. The summed E-state index contributed by atoms with van der Waals surface area (Å²) in [4.78, 5) is 32.2. The van der Waals surface area contributed by atoms with E-state index in [4.69, 9.17) is 4.74 Å². The molecule has 2 amide bonds. The number of nitrogens with one attached hydrogen (secondary N) is 2. The molecular weight excluding hydrogens is 447 g/mol. The maximum absolute atomic E-state index is 14.1. The molecule has 0 radical (unpaired) electrons. The fourth-order valence-corrected chi connectivity index (χ4v) is 4.89. The molecular formula is C27H31FN4O3. The van der Waals surface area contributed by atoms with Crippen LogP contribution in [0.15, 0.2) is 36.4 Å². The lowest BCUT2D eigenvalue weighted by Crippen LogP contribution is -2.49. The van der Waals surface area contributed by atoms with Crippen LogP contribution >= 0.6 is 0 Å². The van der Waals surface area contributed by atoms with Crippen LogP contribution in [0.3, 0.4) is 0 Å². The number of hydrogen-bond donors (Lipinski definition) is 2. The van der Waals surface area contributed by atoms with Gasteiger partial charge in [-0.1, -0.05) is 24.3 Å². The first-order chi connectivity index (χ1) is 16.7. The highest BCUT2D eigenvalue weighted by atomic mass is 19.1. The predicted octanol–water partition coefficient (Wildman–Crippen LogP) is 4.31. The summed E-state index contributed by atoms with van der Waals surface area (Å²) in [6, 6.07) is 11.1. The second-order valence-electron chi connectivity index (χ2n) is 10.3. The van der Waals surface area contributed by atoms with Crippen molar-refractivity contribution in [3.63, 3.8) is 0 Å². The van der Waals surface area contributed by atoms with Gasteiger partial charge in [0.05, 0.1) is 5.56 Å². The maximum Gasteiger partial charge on any atom is 0.410 e. The van der Waals surface area contributed by atoms with Crippen LogP contribution in [-0.4, -0.2) is 65.1 Å². The summed E-state index contributed by atoms with van der Waals surface area (Å²) in [5.41, 5.74) is 4.71. The number of benzene rings is 2. The normalized spacial score (nSPS) is 16.8. The van der Waals surface area contributed by atoms with E-state index >= 15 is 0 Å². The molecule has 1 fully saturated rings. The zero-order valence-corrected chi connectivity index (χ0v) is 20.4. The monoisotopic (exact) mass is 478 g/mol. The first kappa shape index (κ1) is 23.4. The molecule has 2 aliphatic rings. The van der Waals surface area contributed by atoms with Crippen molar-refractivity contribution in [3.8, 4) is 11.3 Å². The Morgan fingerprint density at radius 3 is 2.49 bits per heavy atom. The van der Waals surface area contributed by atoms with Gasteiger partial charge < -0.3 is 19.9 Å². The third-order valence-corrected chi connectivity index (χ3v) is 6.54. The Morgan fingerprint density at radius 1 is 1.09 bits per heavy atom. The molecule has 0 saturated carbocycles. The van der Waals surface area contributed by atoms with Crippen LogP contribution in [-0.2, 0) is 17.7 Å². The van der Waals surface area contributed by atoms with E-state index in [2.05, 4.69) is 39.5 Å². The van der Waals surface area contributed by atoms with Gasteiger partial charge in [0.25, 0.3) is 5.91 Å². The van der Waals surface area contributed by atoms with E-state index in [0.717, 1.165) is 41.8 Å². The average molecular weight is 479 g/mol. The molecule has 35 heavy (non-hydrogen) atoms. The van der Waals surface area contributed by atoms with Crippen molar-refractivity contribution in [2.45, 2.75) is 39.3 Å². The molecule has 1 aromatic heterocycles. The van der Waals surface area contributed by atoms with Crippen LogP contribution in [0.2, 0.25) is 0 Å². The molecule has 0 unspecified atom stereocenters. The number of rotatable bonds is 3. The molecule has 2 N–H and O–H groups in total. The molecule has 0 spiro atoms. The largest absolute Gasteiger partial charge is 0.444 e. The summed E-state index contributed by atoms with van der Waals surface area (Å²) >= 11 is 0. The number of halogens is 1. The summed E-state index contributed by atoms with van der Waals surface area (Å²) in [5, 5.41) is 3.67. The molecule has 7 nitrogen and oxygen atoms in total. The van der Waals surface area contributed by atoms with E-state index in [1.807, 2.05) is 20.8 Å². The highest BCUT2D eigenvalue weighted by Gasteiger charge is 2.26. The summed E-state index contributed by atoms with van der Waals surface area (Å²) in [6.45, 7) is 9.85. The zero-order chi connectivity index (χ0) is 24.7. The molecule has 0 aliphatic carbocycles. The number of carbonyl (C=O) groups excluding carboxylic acids is 2. The number of hydrogen-bond acceptors (Lipinski definition) is 4. The Bertz CT molecular complexity index is 1270. The Labute approximate surface area is 204 Å². The lowest BCUT2D eigenvalue weighted by molar-refractivity contribution is 0.0139. The quantitative estimate of drug-likeness (QED) is 0.588. The molecule has 2 aliphatic heterocycles. The first-order valence-corrected chi connectivity index (χ1v) is 12.1. The number of nitrogens with zero attached hydrogens (tertiary/aromatic N) is 2. The van der Waals surface area contributed by atoms with Crippen molar-refractivity contribution >= 4 is 22.9 Å². The Hall–Kier alpha value is -3.39. The molecule has 0 atom stereocenters. The Kier molecular flexibility index (Phi) is 6.01. The van der Waals surface area contributed by atoms with Crippen molar-refractivity contribution in [1.82, 2.24) is 20.1 Å². The van der Waals surface area contributed by atoms with E-state index in [1.165, 1.54) is 17.7 Å². The van der Waals surface area contributed by atoms with Crippen molar-refractivity contribution in [2.24, 2.45) is 0 Å². The zero-order valence-electron chi connectivity index (χ0n) is 20.4. The highest BCUT2D eigenvalue weighted by molar-refractivity contribution is 6.10. The minimum absolute atomic E-state index is 0.235. The molecule has 1 saturated heterocycles. The minimum Gasteiger partial charge on any atom is -0.444 e. The second kappa shape index (κ2) is 9.00. The Morgan fingerprint density at radius 2 is 1.80 bits per heavy atom. The van der Waals surface area contributed by atoms with Crippen molar-refractivity contribution < 1.29 is 18.7 Å². The van der Waals surface area contributed by atoms with Crippen LogP contribution < -0.4 is 5.32 Å². The van der Waals surface area contributed by atoms with Gasteiger partial charge in [0.2, 0.25) is 0 Å². The molecule has 5 rings (SSSR count). The third kappa shape index (κ3) is 4.89. The molecule has 184 valence electrons. The summed E-state index contributed by atoms with van der Waals surface area (Å²) < 4.78 is 19.6. The predicted molar refractivity (Wildman–Crippen MR) is 133 cm³/mol. The molecule has 3 aromatic rings. The smallest absolute Gasteiger partial charge is 0.410 e. The summed E-state index contributed by atoms with van der Waals surface area (Å²) in [7, 11) is 0. The average Bonchev–Trinajstić information content (AvgIpc) is 3.07. The molecule has 0 bridgehead atoms. The van der Waals surface area contributed by atoms with Crippen molar-refractivity contribution in [2.75, 3.05) is 32.7 Å². The number of piperazine rings is 1. The number of aromatic nitrogens is 1. The number of amides is 2. The van der Waals surface area contributed by atoms with Gasteiger partial charge in [0.15, 0.2) is 0 Å². The lowest BCUT2D eigenvalue weighted by Gasteiger charge is -2.35. The SMILES string of the molecule is CC(C)(C)OC(=O)N1CCN(Cc2ccc(-c3[nH]c4cc(F)cc5c4c3CCNC5=O)cc2)CC1. The van der Waals surface area contributed by atoms with Gasteiger partial charge in [0.1, 0.15) is 11.4 Å². The van der Waals surface area contributed by atoms with Crippen LogP contribution in [0, 0.1) is 5.82 Å². The molecule has 2 aromatic carbocycles. The fourth-order valence-electron chi connectivity index (χ4n) is 4.89. The van der Waals surface area contributed by atoms with Gasteiger partial charge in [-0.05, 0) is 56.0 Å². The van der Waals surface area contributed by atoms with E-state index in [1.54, 1.807) is 4.90 Å². The molecule has 8 heteroatoms. The van der Waals surface area contributed by atoms with Crippen molar-refractivity contribution in [1.29, 1.82) is 0 Å². The highest BCUT2D eigenvalue weighted by Crippen LogP contribution is 2.35. The van der Waals surface area contributed by atoms with Gasteiger partial charge in [0, 0.05) is 55.9 Å². The van der Waals surface area contributed by atoms with Gasteiger partial charge in [-0.15, -0.1) is 0 Å². The maximum atomic E-state index is 14.1. The van der Waals surface area contributed by atoms with Gasteiger partial charge in [-0.2, -0.15) is 0 Å². The van der Waals surface area contributed by atoms with Crippen LogP contribution in [0.5, 0.6) is 0 Å². The van der Waals surface area contributed by atoms with Crippen molar-refractivity contribution in [3.05, 3.63) is 58.9 Å². The minimum atomic E-state index is -0.486. The summed E-state index contributed by atoms with van der Waals surface area (Å²) in [5.74, 6) is -0.660. The van der Waals surface area contributed by atoms with E-state index in [0.29, 0.717) is 37.1 Å². The standard InChI is InChI=1S/C27H31FN4O3/c1-27(2,3)35-26(34)32-12-10-31(11-13-32)16-17-4-6-18(7-5-17)24-20-8-9-29-25(33)21-14-19(28)15-22(30-24)23(20)21/h4-7,14-15,30H,8-13,16H2,1-3H3,(H,29,33).